The molecule has 0 bridgehead atoms. The number of nitrogens with one attached hydrogen (secondary N) is 1. The summed E-state index contributed by atoms with van der Waals surface area (Å²) < 4.78 is 0. The van der Waals surface area contributed by atoms with Crippen LogP contribution >= 0.6 is 0 Å². The highest BCUT2D eigenvalue weighted by Crippen LogP contribution is 2.32. The lowest BCUT2D eigenvalue weighted by molar-refractivity contribution is 0.0698. The molecule has 0 aliphatic heterocycles. The Hall–Kier alpha value is -3.27. The molecule has 0 heterocycles. The summed E-state index contributed by atoms with van der Waals surface area (Å²) in [6, 6.07) is 19.8. The molecular weight excluding hydrogens is 312 g/mol. The summed E-state index contributed by atoms with van der Waals surface area (Å²) in [5.74, 6) is -1.03. The van der Waals surface area contributed by atoms with Gasteiger partial charge in [-0.3, -0.25) is 0 Å². The number of carbonyl (C=O) groups is 1. The summed E-state index contributed by atoms with van der Waals surface area (Å²) >= 11 is 0. The molecule has 0 saturated heterocycles. The molecule has 0 amide bonds. The lowest BCUT2D eigenvalue weighted by Crippen LogP contribution is -2.06. The largest absolute Gasteiger partial charge is 0.478 e. The number of hydrogen-bond donors (Lipinski definition) is 3. The molecule has 0 unspecified atom stereocenters. The van der Waals surface area contributed by atoms with Gasteiger partial charge in [0.05, 0.1) is 16.9 Å². The van der Waals surface area contributed by atoms with E-state index < -0.39 is 5.97 Å². The minimum absolute atomic E-state index is 0.102. The van der Waals surface area contributed by atoms with E-state index in [2.05, 4.69) is 24.4 Å². The summed E-state index contributed by atoms with van der Waals surface area (Å²) in [5.41, 5.74) is 12.2. The van der Waals surface area contributed by atoms with Crippen LogP contribution in [-0.2, 0) is 0 Å². The highest BCUT2D eigenvalue weighted by Gasteiger charge is 2.14. The van der Waals surface area contributed by atoms with Crippen LogP contribution in [-0.4, -0.2) is 18.1 Å². The smallest absolute Gasteiger partial charge is 0.337 e. The van der Waals surface area contributed by atoms with Gasteiger partial charge in [-0.2, -0.15) is 0 Å². The molecule has 3 rings (SSSR count). The fourth-order valence-electron chi connectivity index (χ4n) is 2.94. The Labute approximate surface area is 146 Å². The molecule has 4 heteroatoms. The number of rotatable bonds is 4. The predicted molar refractivity (Wildman–Crippen MR) is 103 cm³/mol. The fraction of sp³-hybridized carbons (Fsp3) is 0.0952. The molecule has 25 heavy (non-hydrogen) atoms. The Kier molecular flexibility index (Phi) is 4.44. The quantitative estimate of drug-likeness (QED) is 0.608. The fourth-order valence-corrected chi connectivity index (χ4v) is 2.94. The van der Waals surface area contributed by atoms with Gasteiger partial charge in [-0.15, -0.1) is 0 Å². The number of carboxylic acid groups (broad SMARTS) is 1. The van der Waals surface area contributed by atoms with Crippen LogP contribution in [0.1, 0.15) is 15.9 Å². The molecular formula is C21H20N2O2. The van der Waals surface area contributed by atoms with E-state index in [1.807, 2.05) is 42.5 Å². The Morgan fingerprint density at radius 2 is 1.60 bits per heavy atom. The molecule has 0 radical (unpaired) electrons. The van der Waals surface area contributed by atoms with Gasteiger partial charge in [0, 0.05) is 7.05 Å². The molecule has 0 fully saturated rings. The number of hydrogen-bond acceptors (Lipinski definition) is 3. The van der Waals surface area contributed by atoms with Crippen LogP contribution in [0.15, 0.2) is 60.7 Å². The number of carboxylic acids is 1. The monoisotopic (exact) mass is 332 g/mol. The second-order valence-electron chi connectivity index (χ2n) is 5.93. The molecule has 4 nitrogen and oxygen atoms in total. The number of anilines is 2. The van der Waals surface area contributed by atoms with Gasteiger partial charge in [-0.05, 0) is 46.9 Å². The van der Waals surface area contributed by atoms with Crippen molar-refractivity contribution in [2.24, 2.45) is 0 Å². The Balaban J connectivity index is 2.05. The zero-order valence-electron chi connectivity index (χ0n) is 14.2. The summed E-state index contributed by atoms with van der Waals surface area (Å²) in [4.78, 5) is 11.4. The van der Waals surface area contributed by atoms with E-state index in [1.165, 1.54) is 11.1 Å². The van der Waals surface area contributed by atoms with Gasteiger partial charge in [0.2, 0.25) is 0 Å². The first-order chi connectivity index (χ1) is 12.0. The molecule has 0 atom stereocenters. The Bertz CT molecular complexity index is 931. The van der Waals surface area contributed by atoms with E-state index in [4.69, 9.17) is 5.73 Å². The van der Waals surface area contributed by atoms with E-state index in [1.54, 1.807) is 13.1 Å². The summed E-state index contributed by atoms with van der Waals surface area (Å²) in [7, 11) is 1.72. The molecule has 126 valence electrons. The first kappa shape index (κ1) is 16.6. The maximum atomic E-state index is 11.4. The zero-order valence-corrected chi connectivity index (χ0v) is 14.2. The van der Waals surface area contributed by atoms with Crippen molar-refractivity contribution in [2.45, 2.75) is 6.92 Å². The molecule has 0 spiro atoms. The van der Waals surface area contributed by atoms with Crippen molar-refractivity contribution in [3.05, 3.63) is 71.8 Å². The Morgan fingerprint density at radius 1 is 0.960 bits per heavy atom. The first-order valence-corrected chi connectivity index (χ1v) is 8.02. The highest BCUT2D eigenvalue weighted by molar-refractivity contribution is 5.99. The van der Waals surface area contributed by atoms with Crippen LogP contribution in [0.4, 0.5) is 11.4 Å². The average molecular weight is 332 g/mol. The third-order valence-corrected chi connectivity index (χ3v) is 4.35. The van der Waals surface area contributed by atoms with Crippen LogP contribution in [0.3, 0.4) is 0 Å². The van der Waals surface area contributed by atoms with Gasteiger partial charge in [0.1, 0.15) is 0 Å². The van der Waals surface area contributed by atoms with Gasteiger partial charge in [0.25, 0.3) is 0 Å². The number of benzene rings is 3. The van der Waals surface area contributed by atoms with Crippen molar-refractivity contribution in [1.82, 2.24) is 0 Å². The normalized spacial score (nSPS) is 10.5. The number of nitrogen functional groups attached to an aromatic ring is 1. The van der Waals surface area contributed by atoms with Crippen LogP contribution < -0.4 is 11.1 Å². The van der Waals surface area contributed by atoms with Crippen LogP contribution in [0, 0.1) is 6.92 Å². The van der Waals surface area contributed by atoms with E-state index in [-0.39, 0.29) is 11.3 Å². The molecule has 3 aromatic rings. The van der Waals surface area contributed by atoms with E-state index >= 15 is 0 Å². The SMILES string of the molecule is CNc1cc(-c2ccc(-c3ccccc3C)cc2)cc(C(=O)O)c1N. The van der Waals surface area contributed by atoms with Gasteiger partial charge < -0.3 is 16.2 Å². The number of aromatic carboxylic acids is 1. The lowest BCUT2D eigenvalue weighted by atomic mass is 9.96. The van der Waals surface area contributed by atoms with Crippen molar-refractivity contribution in [1.29, 1.82) is 0 Å². The summed E-state index contributed by atoms with van der Waals surface area (Å²) in [6.45, 7) is 2.08. The Morgan fingerprint density at radius 3 is 2.20 bits per heavy atom. The zero-order chi connectivity index (χ0) is 18.0. The predicted octanol–water partition coefficient (Wildman–Crippen LogP) is 4.65. The molecule has 0 aromatic heterocycles. The van der Waals surface area contributed by atoms with Crippen LogP contribution in [0.5, 0.6) is 0 Å². The minimum Gasteiger partial charge on any atom is -0.478 e. The van der Waals surface area contributed by atoms with Crippen LogP contribution in [0.25, 0.3) is 22.3 Å². The van der Waals surface area contributed by atoms with Crippen molar-refractivity contribution in [3.8, 4) is 22.3 Å². The maximum Gasteiger partial charge on any atom is 0.337 e. The van der Waals surface area contributed by atoms with Crippen molar-refractivity contribution >= 4 is 17.3 Å². The first-order valence-electron chi connectivity index (χ1n) is 8.02. The topological polar surface area (TPSA) is 75.3 Å². The van der Waals surface area contributed by atoms with E-state index in [0.29, 0.717) is 5.69 Å². The van der Waals surface area contributed by atoms with Gasteiger partial charge in [0.15, 0.2) is 0 Å². The summed E-state index contributed by atoms with van der Waals surface area (Å²) in [6.07, 6.45) is 0. The highest BCUT2D eigenvalue weighted by atomic mass is 16.4. The average Bonchev–Trinajstić information content (AvgIpc) is 2.62. The molecule has 0 aliphatic carbocycles. The molecule has 0 aliphatic rings. The third-order valence-electron chi connectivity index (χ3n) is 4.35. The van der Waals surface area contributed by atoms with Gasteiger partial charge in [-0.25, -0.2) is 4.79 Å². The number of aryl methyl sites for hydroxylation is 1. The van der Waals surface area contributed by atoms with Crippen molar-refractivity contribution in [3.63, 3.8) is 0 Å². The minimum atomic E-state index is -1.03. The second-order valence-corrected chi connectivity index (χ2v) is 5.93. The maximum absolute atomic E-state index is 11.4. The molecule has 3 aromatic carbocycles. The summed E-state index contributed by atoms with van der Waals surface area (Å²) in [5, 5.41) is 12.3. The standard InChI is InChI=1S/C21H20N2O2/c1-13-5-3-4-6-17(13)15-9-7-14(8-10-15)16-11-18(21(24)25)20(22)19(12-16)23-2/h3-12,23H,22H2,1-2H3,(H,24,25). The van der Waals surface area contributed by atoms with Crippen molar-refractivity contribution in [2.75, 3.05) is 18.1 Å². The lowest BCUT2D eigenvalue weighted by Gasteiger charge is -2.12. The van der Waals surface area contributed by atoms with Crippen LogP contribution in [0.2, 0.25) is 0 Å². The molecule has 0 saturated carbocycles. The van der Waals surface area contributed by atoms with E-state index in [9.17, 15) is 9.90 Å². The second kappa shape index (κ2) is 6.69. The third kappa shape index (κ3) is 3.19. The van der Waals surface area contributed by atoms with Gasteiger partial charge >= 0.3 is 5.97 Å². The van der Waals surface area contributed by atoms with Crippen molar-refractivity contribution < 1.29 is 9.90 Å². The van der Waals surface area contributed by atoms with E-state index in [0.717, 1.165) is 16.7 Å². The molecule has 4 N–H and O–H groups in total. The van der Waals surface area contributed by atoms with Gasteiger partial charge in [-0.1, -0.05) is 48.5 Å². The number of nitrogens with two attached hydrogens (primary N) is 1.